The fraction of sp³-hybridized carbons (Fsp3) is 0.786. The molecule has 78 heavy (non-hydrogen) atoms. The summed E-state index contributed by atoms with van der Waals surface area (Å²) in [5.74, 6) is 23.7. The van der Waals surface area contributed by atoms with Crippen LogP contribution in [0, 0.1) is 88.8 Å². The highest BCUT2D eigenvalue weighted by Gasteiger charge is 2.51. The highest BCUT2D eigenvalue weighted by atomic mass is 16.6. The van der Waals surface area contributed by atoms with Crippen LogP contribution in [0.2, 0.25) is 0 Å². The Hall–Kier alpha value is -5.70. The van der Waals surface area contributed by atoms with E-state index in [1.165, 1.54) is 0 Å². The van der Waals surface area contributed by atoms with E-state index in [9.17, 15) is 28.8 Å². The summed E-state index contributed by atoms with van der Waals surface area (Å²) in [7, 11) is 0. The van der Waals surface area contributed by atoms with Gasteiger partial charge in [0.05, 0.1) is 52.9 Å². The van der Waals surface area contributed by atoms with Gasteiger partial charge < -0.3 is 74.5 Å². The summed E-state index contributed by atoms with van der Waals surface area (Å²) in [6, 6.07) is 0. The first-order chi connectivity index (χ1) is 38.3. The first-order valence-corrected chi connectivity index (χ1v) is 28.5. The van der Waals surface area contributed by atoms with Gasteiger partial charge in [-0.05, 0) is 98.2 Å². The van der Waals surface area contributed by atoms with Crippen LogP contribution in [0.3, 0.4) is 0 Å². The Kier molecular flexibility index (Phi) is 28.8. The van der Waals surface area contributed by atoms with Gasteiger partial charge in [0.1, 0.15) is 19.8 Å². The number of carbonyl (C=O) groups excluding carboxylic acids is 6. The van der Waals surface area contributed by atoms with Gasteiger partial charge in [-0.1, -0.05) is 0 Å². The van der Waals surface area contributed by atoms with Gasteiger partial charge in [-0.15, -0.1) is 35.5 Å². The van der Waals surface area contributed by atoms with Crippen molar-refractivity contribution in [3.63, 3.8) is 0 Å². The normalized spacial score (nSPS) is 23.9. The number of fused-ring (bicyclic) bond motifs is 3. The third-order valence-electron chi connectivity index (χ3n) is 15.2. The number of amides is 6. The van der Waals surface area contributed by atoms with E-state index in [4.69, 9.17) is 42.6 Å². The second-order valence-corrected chi connectivity index (χ2v) is 20.4. The molecule has 0 spiro atoms. The second kappa shape index (κ2) is 36.5. The van der Waals surface area contributed by atoms with E-state index in [0.717, 1.165) is 77.0 Å². The molecule has 6 aliphatic rings. The number of nitrogens with zero attached hydrogens (tertiary/aromatic N) is 1. The van der Waals surface area contributed by atoms with Crippen molar-refractivity contribution in [2.24, 2.45) is 53.3 Å². The molecule has 6 N–H and O–H groups in total. The minimum Gasteiger partial charge on any atom is -0.449 e. The fourth-order valence-electron chi connectivity index (χ4n) is 10.8. The number of hydrogen-bond donors (Lipinski definition) is 6. The molecular weight excluding hydrogens is 1010 g/mol. The zero-order valence-electron chi connectivity index (χ0n) is 45.5. The van der Waals surface area contributed by atoms with Crippen molar-refractivity contribution in [1.82, 2.24) is 36.8 Å². The number of hydrogen-bond acceptors (Lipinski definition) is 16. The van der Waals surface area contributed by atoms with Crippen molar-refractivity contribution in [1.29, 1.82) is 0 Å². The van der Waals surface area contributed by atoms with Gasteiger partial charge in [-0.2, -0.15) is 0 Å². The molecule has 22 heteroatoms. The molecule has 0 heterocycles. The lowest BCUT2D eigenvalue weighted by Crippen LogP contribution is -2.43. The molecule has 6 rings (SSSR count). The molecule has 3 saturated carbocycles. The number of nitrogens with one attached hydrogen (secondary N) is 6. The number of carbonyl (C=O) groups is 6. The van der Waals surface area contributed by atoms with Crippen LogP contribution in [-0.2, 0) is 47.4 Å². The Bertz CT molecular complexity index is 1920. The standard InChI is InChI=1S/C56H85N7O15/c64-51(41-73-30-13-29-70-31-23-60-54(67)76-38-48-42-14-7-1-2-8-15-43(42)48)57-20-26-63(27-21-58-52(65)74-36-34-71-32-24-61-55(68)77-39-49-44-16-9-3-4-10-17-45(44)49)28-22-59-53(66)75-37-35-72-33-25-62-56(69)78-40-50-46-18-11-5-6-12-19-47(46)50/h42-50H,7-41H2,(H,57,64)(H,58,65)(H,59,66)(H,60,67)(H,61,68)(H,62,69)/t42-,43+,44-,45+,46-,47+,48?,49?,50?. The molecule has 0 saturated heterocycles. The van der Waals surface area contributed by atoms with Crippen LogP contribution in [0.1, 0.15) is 83.5 Å². The minimum absolute atomic E-state index is 0.00360. The molecule has 6 amide bonds. The monoisotopic (exact) mass is 1100 g/mol. The van der Waals surface area contributed by atoms with Crippen molar-refractivity contribution in [3.8, 4) is 35.5 Å². The maximum absolute atomic E-state index is 12.6. The molecule has 3 fully saturated rings. The smallest absolute Gasteiger partial charge is 0.407 e. The molecule has 6 aliphatic carbocycles. The highest BCUT2D eigenvalue weighted by molar-refractivity contribution is 5.77. The average Bonchev–Trinajstić information content (AvgIpc) is 4.38. The van der Waals surface area contributed by atoms with Crippen molar-refractivity contribution < 1.29 is 71.4 Å². The number of rotatable bonds is 36. The number of alkyl carbamates (subject to hydrolysis) is 5. The van der Waals surface area contributed by atoms with Crippen molar-refractivity contribution >= 4 is 36.4 Å². The minimum atomic E-state index is -0.637. The van der Waals surface area contributed by atoms with Crippen LogP contribution >= 0.6 is 0 Å². The van der Waals surface area contributed by atoms with E-state index in [-0.39, 0.29) is 84.9 Å². The first kappa shape index (κ1) is 61.5. The Morgan fingerprint density at radius 1 is 0.346 bits per heavy atom. The average molecular weight is 1100 g/mol. The van der Waals surface area contributed by atoms with E-state index < -0.39 is 30.5 Å². The van der Waals surface area contributed by atoms with Crippen molar-refractivity contribution in [3.05, 3.63) is 0 Å². The first-order valence-electron chi connectivity index (χ1n) is 28.5. The van der Waals surface area contributed by atoms with E-state index in [0.29, 0.717) is 126 Å². The van der Waals surface area contributed by atoms with E-state index in [2.05, 4.69) is 67.4 Å². The summed E-state index contributed by atoms with van der Waals surface area (Å²) in [4.78, 5) is 75.8. The predicted molar refractivity (Wildman–Crippen MR) is 284 cm³/mol. The van der Waals surface area contributed by atoms with E-state index in [1.807, 2.05) is 4.90 Å². The van der Waals surface area contributed by atoms with E-state index in [1.54, 1.807) is 0 Å². The maximum atomic E-state index is 12.6. The van der Waals surface area contributed by atoms with Gasteiger partial charge in [0.25, 0.3) is 0 Å². The zero-order chi connectivity index (χ0) is 54.8. The quantitative estimate of drug-likeness (QED) is 0.0296. The lowest BCUT2D eigenvalue weighted by Gasteiger charge is -2.22. The summed E-state index contributed by atoms with van der Waals surface area (Å²) < 4.78 is 48.8. The Morgan fingerprint density at radius 2 is 0.654 bits per heavy atom. The lowest BCUT2D eigenvalue weighted by molar-refractivity contribution is -0.125. The third kappa shape index (κ3) is 25.0. The van der Waals surface area contributed by atoms with Crippen molar-refractivity contribution in [2.45, 2.75) is 83.5 Å². The van der Waals surface area contributed by atoms with E-state index >= 15 is 0 Å². The third-order valence-corrected chi connectivity index (χ3v) is 15.2. The second-order valence-electron chi connectivity index (χ2n) is 20.4. The molecule has 22 nitrogen and oxygen atoms in total. The molecule has 0 radical (unpaired) electrons. The fourth-order valence-corrected chi connectivity index (χ4v) is 10.8. The summed E-state index contributed by atoms with van der Waals surface area (Å²) in [6.07, 6.45) is 9.81. The predicted octanol–water partition coefficient (Wildman–Crippen LogP) is 3.81. The molecule has 9 atom stereocenters. The van der Waals surface area contributed by atoms with Gasteiger partial charge in [0.15, 0.2) is 0 Å². The van der Waals surface area contributed by atoms with Gasteiger partial charge >= 0.3 is 30.5 Å². The highest BCUT2D eigenvalue weighted by Crippen LogP contribution is 2.54. The summed E-state index contributed by atoms with van der Waals surface area (Å²) >= 11 is 0. The lowest BCUT2D eigenvalue weighted by atomic mass is 10.1. The molecule has 0 aromatic heterocycles. The summed E-state index contributed by atoms with van der Waals surface area (Å²) in [5.41, 5.74) is 0. The molecule has 0 aromatic carbocycles. The maximum Gasteiger partial charge on any atom is 0.407 e. The van der Waals surface area contributed by atoms with Crippen LogP contribution in [0.5, 0.6) is 0 Å². The molecule has 3 unspecified atom stereocenters. The topological polar surface area (TPSA) is 261 Å². The van der Waals surface area contributed by atoms with Gasteiger partial charge in [-0.3, -0.25) is 9.69 Å². The summed E-state index contributed by atoms with van der Waals surface area (Å²) in [6.45, 7) is 5.56. The summed E-state index contributed by atoms with van der Waals surface area (Å²) in [5, 5.41) is 16.3. The Balaban J connectivity index is 0.758. The van der Waals surface area contributed by atoms with Gasteiger partial charge in [0, 0.05) is 111 Å². The zero-order valence-corrected chi connectivity index (χ0v) is 45.5. The Morgan fingerprint density at radius 3 is 1.03 bits per heavy atom. The van der Waals surface area contributed by atoms with Crippen LogP contribution in [-0.4, -0.2) is 186 Å². The van der Waals surface area contributed by atoms with Crippen LogP contribution < -0.4 is 31.9 Å². The number of ether oxygens (including phenoxy) is 9. The molecular formula is C56H85N7O15. The Labute approximate surface area is 460 Å². The van der Waals surface area contributed by atoms with Crippen LogP contribution in [0.25, 0.3) is 0 Å². The largest absolute Gasteiger partial charge is 0.449 e. The van der Waals surface area contributed by atoms with Gasteiger partial charge in [0.2, 0.25) is 5.91 Å². The van der Waals surface area contributed by atoms with Crippen LogP contribution in [0.15, 0.2) is 0 Å². The molecule has 0 aromatic rings. The molecule has 0 bridgehead atoms. The molecule has 0 aliphatic heterocycles. The SMILES string of the molecule is O=C(COCCCOCCNC(=O)OCC1[C@H]2CCC#CCC[C@@H]12)NCCN(CCNC(=O)OCCOCCNC(=O)OCC1[C@H]2CCC#CCC[C@@H]12)CCNC(=O)OCCOCCNC(=O)OCC1[C@H]2CCC#CCC[C@@H]12. The van der Waals surface area contributed by atoms with Crippen LogP contribution in [0.4, 0.5) is 24.0 Å². The molecule has 434 valence electrons. The van der Waals surface area contributed by atoms with Gasteiger partial charge in [-0.25, -0.2) is 24.0 Å². The van der Waals surface area contributed by atoms with Crippen molar-refractivity contribution in [2.75, 3.05) is 145 Å².